The van der Waals surface area contributed by atoms with Crippen LogP contribution in [0.3, 0.4) is 0 Å². The van der Waals surface area contributed by atoms with Gasteiger partial charge in [-0.15, -0.1) is 0 Å². The van der Waals surface area contributed by atoms with E-state index in [0.717, 1.165) is 18.5 Å². The Bertz CT molecular complexity index is 888. The van der Waals surface area contributed by atoms with Crippen molar-refractivity contribution in [1.29, 1.82) is 0 Å². The van der Waals surface area contributed by atoms with E-state index in [1.54, 1.807) is 55.5 Å². The summed E-state index contributed by atoms with van der Waals surface area (Å²) in [6, 6.07) is 14.4. The summed E-state index contributed by atoms with van der Waals surface area (Å²) in [4.78, 5) is 36.0. The first-order chi connectivity index (χ1) is 15.0. The highest BCUT2D eigenvalue weighted by molar-refractivity contribution is 5.96. The molecular formula is C24H30N4O3. The maximum Gasteiger partial charge on any atom is 0.251 e. The molecule has 7 heteroatoms. The van der Waals surface area contributed by atoms with E-state index in [-0.39, 0.29) is 30.3 Å². The molecular weight excluding hydrogens is 392 g/mol. The largest absolute Gasteiger partial charge is 0.376 e. The van der Waals surface area contributed by atoms with Crippen LogP contribution in [-0.4, -0.2) is 30.3 Å². The number of rotatable bonds is 8. The van der Waals surface area contributed by atoms with Crippen LogP contribution in [0.2, 0.25) is 0 Å². The Morgan fingerprint density at radius 3 is 1.90 bits per heavy atom. The second-order valence-corrected chi connectivity index (χ2v) is 7.77. The van der Waals surface area contributed by atoms with Crippen LogP contribution in [0.15, 0.2) is 48.5 Å². The van der Waals surface area contributed by atoms with Gasteiger partial charge in [0.1, 0.15) is 0 Å². The van der Waals surface area contributed by atoms with Gasteiger partial charge in [-0.2, -0.15) is 0 Å². The Labute approximate surface area is 183 Å². The van der Waals surface area contributed by atoms with Gasteiger partial charge in [-0.3, -0.25) is 14.4 Å². The third kappa shape index (κ3) is 7.13. The first-order valence-corrected chi connectivity index (χ1v) is 10.9. The lowest BCUT2D eigenvalue weighted by Gasteiger charge is -2.22. The molecule has 4 N–H and O–H groups in total. The van der Waals surface area contributed by atoms with Crippen LogP contribution in [0.25, 0.3) is 0 Å². The molecule has 2 aromatic carbocycles. The van der Waals surface area contributed by atoms with Gasteiger partial charge in [-0.1, -0.05) is 26.2 Å². The topological polar surface area (TPSA) is 99.3 Å². The molecule has 0 bridgehead atoms. The molecule has 31 heavy (non-hydrogen) atoms. The predicted octanol–water partition coefficient (Wildman–Crippen LogP) is 4.15. The van der Waals surface area contributed by atoms with Crippen molar-refractivity contribution in [2.75, 3.05) is 22.5 Å². The number of hydrogen-bond donors (Lipinski definition) is 4. The first-order valence-electron chi connectivity index (χ1n) is 10.9. The molecule has 0 atom stereocenters. The predicted molar refractivity (Wildman–Crippen MR) is 123 cm³/mol. The number of nitrogens with one attached hydrogen (secondary N) is 4. The quantitative estimate of drug-likeness (QED) is 0.514. The fraction of sp³-hybridized carbons (Fsp3) is 0.375. The van der Waals surface area contributed by atoms with Gasteiger partial charge in [0.2, 0.25) is 11.8 Å². The van der Waals surface area contributed by atoms with Crippen LogP contribution < -0.4 is 21.3 Å². The average molecular weight is 423 g/mol. The summed E-state index contributed by atoms with van der Waals surface area (Å²) < 4.78 is 0. The first kappa shape index (κ1) is 22.3. The number of hydrogen-bond acceptors (Lipinski definition) is 4. The van der Waals surface area contributed by atoms with Crippen molar-refractivity contribution < 1.29 is 14.4 Å². The smallest absolute Gasteiger partial charge is 0.251 e. The molecule has 3 rings (SSSR count). The van der Waals surface area contributed by atoms with Gasteiger partial charge in [-0.05, 0) is 61.4 Å². The molecule has 0 unspecified atom stereocenters. The van der Waals surface area contributed by atoms with E-state index in [1.807, 2.05) is 0 Å². The highest BCUT2D eigenvalue weighted by atomic mass is 16.2. The second-order valence-electron chi connectivity index (χ2n) is 7.77. The summed E-state index contributed by atoms with van der Waals surface area (Å²) in [5.41, 5.74) is 2.73. The number of anilines is 3. The van der Waals surface area contributed by atoms with Crippen molar-refractivity contribution in [1.82, 2.24) is 5.32 Å². The fourth-order valence-electron chi connectivity index (χ4n) is 3.53. The molecule has 0 aliphatic heterocycles. The summed E-state index contributed by atoms with van der Waals surface area (Å²) in [7, 11) is 0. The number of carbonyl (C=O) groups excluding carboxylic acids is 3. The number of benzene rings is 2. The van der Waals surface area contributed by atoms with Crippen molar-refractivity contribution in [3.05, 3.63) is 54.1 Å². The Hall–Kier alpha value is -3.35. The molecule has 3 amide bonds. The van der Waals surface area contributed by atoms with Crippen LogP contribution in [-0.2, 0) is 9.59 Å². The number of amides is 3. The van der Waals surface area contributed by atoms with Crippen molar-refractivity contribution in [3.63, 3.8) is 0 Å². The second kappa shape index (κ2) is 11.2. The molecule has 0 heterocycles. The number of carbonyl (C=O) groups is 3. The molecule has 7 nitrogen and oxygen atoms in total. The summed E-state index contributed by atoms with van der Waals surface area (Å²) in [5.74, 6) is -0.294. The van der Waals surface area contributed by atoms with Crippen LogP contribution in [0, 0.1) is 0 Å². The van der Waals surface area contributed by atoms with Crippen LogP contribution in [0.1, 0.15) is 55.8 Å². The highest BCUT2D eigenvalue weighted by Gasteiger charge is 2.16. The Morgan fingerprint density at radius 1 is 0.774 bits per heavy atom. The molecule has 1 aliphatic carbocycles. The molecule has 0 saturated heterocycles. The van der Waals surface area contributed by atoms with Crippen LogP contribution in [0.4, 0.5) is 17.1 Å². The maximum absolute atomic E-state index is 12.4. The molecule has 1 fully saturated rings. The van der Waals surface area contributed by atoms with E-state index in [0.29, 0.717) is 23.4 Å². The van der Waals surface area contributed by atoms with E-state index in [2.05, 4.69) is 21.3 Å². The standard InChI is InChI=1S/C24H30N4O3/c1-2-22(29)26-20-12-14-21(15-13-20)27-23(30)16-25-18-10-8-17(9-11-18)24(31)28-19-6-4-3-5-7-19/h8-15,19,25H,2-7,16H2,1H3,(H,26,29)(H,27,30)(H,28,31). The molecule has 0 aromatic heterocycles. The SMILES string of the molecule is CCC(=O)Nc1ccc(NC(=O)CNc2ccc(C(=O)NC3CCCCC3)cc2)cc1. The van der Waals surface area contributed by atoms with E-state index in [4.69, 9.17) is 0 Å². The van der Waals surface area contributed by atoms with E-state index < -0.39 is 0 Å². The molecule has 164 valence electrons. The van der Waals surface area contributed by atoms with Gasteiger partial charge in [0.15, 0.2) is 0 Å². The van der Waals surface area contributed by atoms with Crippen molar-refractivity contribution >= 4 is 34.8 Å². The molecule has 1 saturated carbocycles. The minimum Gasteiger partial charge on any atom is -0.376 e. The van der Waals surface area contributed by atoms with Gasteiger partial charge in [0, 0.05) is 35.1 Å². The zero-order valence-electron chi connectivity index (χ0n) is 17.9. The minimum atomic E-state index is -0.190. The third-order valence-corrected chi connectivity index (χ3v) is 5.31. The Kier molecular flexibility index (Phi) is 8.04. The van der Waals surface area contributed by atoms with E-state index in [1.165, 1.54) is 19.3 Å². The van der Waals surface area contributed by atoms with Gasteiger partial charge in [-0.25, -0.2) is 0 Å². The molecule has 0 radical (unpaired) electrons. The van der Waals surface area contributed by atoms with Crippen LogP contribution >= 0.6 is 0 Å². The van der Waals surface area contributed by atoms with Gasteiger partial charge in [0.25, 0.3) is 5.91 Å². The molecule has 0 spiro atoms. The summed E-state index contributed by atoms with van der Waals surface area (Å²) in [5, 5.41) is 11.7. The molecule has 1 aliphatic rings. The highest BCUT2D eigenvalue weighted by Crippen LogP contribution is 2.18. The van der Waals surface area contributed by atoms with E-state index >= 15 is 0 Å². The Balaban J connectivity index is 1.43. The van der Waals surface area contributed by atoms with E-state index in [9.17, 15) is 14.4 Å². The lowest BCUT2D eigenvalue weighted by atomic mass is 9.95. The van der Waals surface area contributed by atoms with Gasteiger partial charge >= 0.3 is 0 Å². The van der Waals surface area contributed by atoms with Crippen molar-refractivity contribution in [2.45, 2.75) is 51.5 Å². The minimum absolute atomic E-state index is 0.0465. The molecule has 2 aromatic rings. The summed E-state index contributed by atoms with van der Waals surface area (Å²) in [6.07, 6.45) is 6.12. The maximum atomic E-state index is 12.4. The van der Waals surface area contributed by atoms with Gasteiger partial charge in [0.05, 0.1) is 6.54 Å². The fourth-order valence-corrected chi connectivity index (χ4v) is 3.53. The normalized spacial score (nSPS) is 13.8. The van der Waals surface area contributed by atoms with Crippen LogP contribution in [0.5, 0.6) is 0 Å². The monoisotopic (exact) mass is 422 g/mol. The van der Waals surface area contributed by atoms with Crippen molar-refractivity contribution in [2.24, 2.45) is 0 Å². The third-order valence-electron chi connectivity index (χ3n) is 5.31. The zero-order chi connectivity index (χ0) is 22.1. The van der Waals surface area contributed by atoms with Crippen molar-refractivity contribution in [3.8, 4) is 0 Å². The lowest BCUT2D eigenvalue weighted by Crippen LogP contribution is -2.36. The van der Waals surface area contributed by atoms with Gasteiger partial charge < -0.3 is 21.3 Å². The summed E-state index contributed by atoms with van der Waals surface area (Å²) >= 11 is 0. The Morgan fingerprint density at radius 2 is 1.32 bits per heavy atom. The lowest BCUT2D eigenvalue weighted by molar-refractivity contribution is -0.116. The zero-order valence-corrected chi connectivity index (χ0v) is 17.9. The average Bonchev–Trinajstić information content (AvgIpc) is 2.80. The summed E-state index contributed by atoms with van der Waals surface area (Å²) in [6.45, 7) is 1.89.